The smallest absolute Gasteiger partial charge is 0.119 e. The van der Waals surface area contributed by atoms with Crippen LogP contribution in [0.2, 0.25) is 0 Å². The maximum Gasteiger partial charge on any atom is 0.119 e. The lowest BCUT2D eigenvalue weighted by molar-refractivity contribution is 0.00301. The van der Waals surface area contributed by atoms with E-state index in [0.29, 0.717) is 13.2 Å². The molecule has 2 aliphatic heterocycles. The van der Waals surface area contributed by atoms with Crippen LogP contribution >= 0.6 is 0 Å². The lowest BCUT2D eigenvalue weighted by Gasteiger charge is -2.45. The first-order valence-electron chi connectivity index (χ1n) is 11.8. The van der Waals surface area contributed by atoms with Crippen molar-refractivity contribution < 1.29 is 19.7 Å². The van der Waals surface area contributed by atoms with Crippen LogP contribution in [0.4, 0.5) is 0 Å². The van der Waals surface area contributed by atoms with Crippen molar-refractivity contribution in [3.63, 3.8) is 0 Å². The summed E-state index contributed by atoms with van der Waals surface area (Å²) >= 11 is 0. The van der Waals surface area contributed by atoms with Crippen molar-refractivity contribution in [2.24, 2.45) is 0 Å². The van der Waals surface area contributed by atoms with E-state index in [1.807, 2.05) is 36.4 Å². The number of aromatic nitrogens is 1. The molecule has 5 rings (SSSR count). The number of ether oxygens (including phenoxy) is 2. The van der Waals surface area contributed by atoms with E-state index in [0.717, 1.165) is 56.0 Å². The van der Waals surface area contributed by atoms with Gasteiger partial charge in [0.2, 0.25) is 0 Å². The molecule has 0 aliphatic carbocycles. The van der Waals surface area contributed by atoms with Crippen molar-refractivity contribution in [2.75, 3.05) is 53.0 Å². The summed E-state index contributed by atoms with van der Waals surface area (Å²) < 4.78 is 11.4. The van der Waals surface area contributed by atoms with Crippen LogP contribution in [-0.4, -0.2) is 84.1 Å². The number of nitrogens with one attached hydrogen (secondary N) is 1. The lowest BCUT2D eigenvalue weighted by atomic mass is 9.83. The Hall–Kier alpha value is -2.58. The molecule has 7 nitrogen and oxygen atoms in total. The molecule has 3 aromatic rings. The summed E-state index contributed by atoms with van der Waals surface area (Å²) in [5.74, 6) is 1.76. The van der Waals surface area contributed by atoms with Gasteiger partial charge in [-0.3, -0.25) is 9.80 Å². The molecule has 1 aromatic heterocycles. The zero-order valence-corrected chi connectivity index (χ0v) is 19.2. The highest BCUT2D eigenvalue weighted by molar-refractivity contribution is 5.87. The van der Waals surface area contributed by atoms with Gasteiger partial charge in [-0.1, -0.05) is 18.2 Å². The second-order valence-electron chi connectivity index (χ2n) is 9.14. The fraction of sp³-hybridized carbons (Fsp3) is 0.462. The predicted molar refractivity (Wildman–Crippen MR) is 128 cm³/mol. The van der Waals surface area contributed by atoms with Crippen LogP contribution < -0.4 is 9.47 Å². The van der Waals surface area contributed by atoms with E-state index >= 15 is 0 Å². The molecule has 176 valence electrons. The van der Waals surface area contributed by atoms with Crippen LogP contribution in [0.5, 0.6) is 11.5 Å². The topological polar surface area (TPSA) is 81.2 Å². The van der Waals surface area contributed by atoms with Crippen LogP contribution in [0.15, 0.2) is 48.5 Å². The molecule has 3 heterocycles. The van der Waals surface area contributed by atoms with Crippen LogP contribution in [0, 0.1) is 0 Å². The minimum Gasteiger partial charge on any atom is -0.497 e. The Bertz CT molecular complexity index is 1090. The van der Waals surface area contributed by atoms with Gasteiger partial charge in [-0.25, -0.2) is 0 Å². The molecule has 7 heteroatoms. The monoisotopic (exact) mass is 451 g/mol. The fourth-order valence-electron chi connectivity index (χ4n) is 5.54. The van der Waals surface area contributed by atoms with Crippen molar-refractivity contribution in [1.29, 1.82) is 0 Å². The Kier molecular flexibility index (Phi) is 6.29. The van der Waals surface area contributed by atoms with Gasteiger partial charge in [-0.15, -0.1) is 0 Å². The first-order valence-corrected chi connectivity index (χ1v) is 11.8. The van der Waals surface area contributed by atoms with Crippen molar-refractivity contribution in [3.05, 3.63) is 59.8 Å². The van der Waals surface area contributed by atoms with E-state index in [9.17, 15) is 10.2 Å². The van der Waals surface area contributed by atoms with Crippen molar-refractivity contribution in [3.8, 4) is 11.5 Å². The van der Waals surface area contributed by atoms with Crippen molar-refractivity contribution in [2.45, 2.75) is 24.5 Å². The first-order chi connectivity index (χ1) is 16.1. The highest BCUT2D eigenvalue weighted by atomic mass is 16.5. The summed E-state index contributed by atoms with van der Waals surface area (Å²) in [5.41, 5.74) is 3.49. The van der Waals surface area contributed by atoms with E-state index in [1.165, 1.54) is 16.6 Å². The standard InChI is InChI=1S/C26H33N3O4/c1-32-21-7-8-24-23(15-21)22-9-11-29(16-19(31)17-30)26(25(22)27-24)10-12-28(18-26)13-14-33-20-5-3-2-4-6-20/h2-8,15,19,27,30-31H,9-14,16-18H2,1H3. The molecule has 2 aliphatic rings. The fourth-order valence-corrected chi connectivity index (χ4v) is 5.54. The number of fused-ring (bicyclic) bond motifs is 4. The van der Waals surface area contributed by atoms with E-state index in [2.05, 4.69) is 26.9 Å². The third-order valence-electron chi connectivity index (χ3n) is 7.20. The molecule has 2 unspecified atom stereocenters. The van der Waals surface area contributed by atoms with Crippen LogP contribution in [0.1, 0.15) is 17.7 Å². The van der Waals surface area contributed by atoms with E-state index in [4.69, 9.17) is 9.47 Å². The van der Waals surface area contributed by atoms with E-state index < -0.39 is 6.10 Å². The summed E-state index contributed by atoms with van der Waals surface area (Å²) in [7, 11) is 1.70. The van der Waals surface area contributed by atoms with Gasteiger partial charge >= 0.3 is 0 Å². The number of hydrogen-bond donors (Lipinski definition) is 3. The average molecular weight is 452 g/mol. The number of aromatic amines is 1. The second-order valence-corrected chi connectivity index (χ2v) is 9.14. The molecule has 0 saturated carbocycles. The molecule has 1 fully saturated rings. The molecule has 3 N–H and O–H groups in total. The number of H-pyrrole nitrogens is 1. The summed E-state index contributed by atoms with van der Waals surface area (Å²) in [6.45, 7) is 4.39. The number of rotatable bonds is 8. The number of likely N-dealkylation sites (tertiary alicyclic amines) is 1. The summed E-state index contributed by atoms with van der Waals surface area (Å²) in [5, 5.41) is 21.0. The molecule has 33 heavy (non-hydrogen) atoms. The summed E-state index contributed by atoms with van der Waals surface area (Å²) in [4.78, 5) is 8.55. The minimum absolute atomic E-state index is 0.220. The Morgan fingerprint density at radius 2 is 1.97 bits per heavy atom. The van der Waals surface area contributed by atoms with Crippen LogP contribution in [-0.2, 0) is 12.0 Å². The number of methoxy groups -OCH3 is 1. The Morgan fingerprint density at radius 3 is 2.76 bits per heavy atom. The molecule has 2 aromatic carbocycles. The zero-order valence-electron chi connectivity index (χ0n) is 19.2. The Morgan fingerprint density at radius 1 is 1.12 bits per heavy atom. The third kappa shape index (κ3) is 4.22. The summed E-state index contributed by atoms with van der Waals surface area (Å²) in [6, 6.07) is 16.1. The molecule has 0 bridgehead atoms. The van der Waals surface area contributed by atoms with Gasteiger partial charge in [0.25, 0.3) is 0 Å². The first kappa shape index (κ1) is 22.2. The van der Waals surface area contributed by atoms with Crippen molar-refractivity contribution in [1.82, 2.24) is 14.8 Å². The largest absolute Gasteiger partial charge is 0.497 e. The summed E-state index contributed by atoms with van der Waals surface area (Å²) in [6.07, 6.45) is 1.12. The van der Waals surface area contributed by atoms with Gasteiger partial charge in [0, 0.05) is 49.3 Å². The molecular weight excluding hydrogens is 418 g/mol. The Balaban J connectivity index is 1.41. The molecule has 2 atom stereocenters. The molecule has 0 radical (unpaired) electrons. The zero-order chi connectivity index (χ0) is 22.8. The lowest BCUT2D eigenvalue weighted by Crippen LogP contribution is -2.55. The molecule has 0 amide bonds. The van der Waals surface area contributed by atoms with Gasteiger partial charge < -0.3 is 24.7 Å². The highest BCUT2D eigenvalue weighted by Crippen LogP contribution is 2.45. The Labute approximate surface area is 194 Å². The second kappa shape index (κ2) is 9.35. The molecule has 1 spiro atoms. The molecular formula is C26H33N3O4. The number of benzene rings is 2. The van der Waals surface area contributed by atoms with Gasteiger partial charge in [-0.05, 0) is 48.7 Å². The van der Waals surface area contributed by atoms with E-state index in [-0.39, 0.29) is 12.1 Å². The number of aliphatic hydroxyl groups is 2. The predicted octanol–water partition coefficient (Wildman–Crippen LogP) is 2.37. The van der Waals surface area contributed by atoms with Crippen LogP contribution in [0.25, 0.3) is 10.9 Å². The van der Waals surface area contributed by atoms with Gasteiger partial charge in [-0.2, -0.15) is 0 Å². The van der Waals surface area contributed by atoms with Gasteiger partial charge in [0.05, 0.1) is 25.4 Å². The van der Waals surface area contributed by atoms with Crippen LogP contribution in [0.3, 0.4) is 0 Å². The average Bonchev–Trinajstić information content (AvgIpc) is 3.44. The maximum atomic E-state index is 10.3. The quantitative estimate of drug-likeness (QED) is 0.488. The number of hydrogen-bond acceptors (Lipinski definition) is 6. The normalized spacial score (nSPS) is 22.0. The highest BCUT2D eigenvalue weighted by Gasteiger charge is 2.49. The van der Waals surface area contributed by atoms with Crippen molar-refractivity contribution >= 4 is 10.9 Å². The van der Waals surface area contributed by atoms with Gasteiger partial charge in [0.1, 0.15) is 18.1 Å². The number of β-amino-alcohol motifs (C(OH)–C–C–N with tert-alkyl or cyclic N) is 1. The molecule has 1 saturated heterocycles. The third-order valence-corrected chi connectivity index (χ3v) is 7.20. The number of aliphatic hydroxyl groups excluding tert-OH is 2. The van der Waals surface area contributed by atoms with E-state index in [1.54, 1.807) is 7.11 Å². The van der Waals surface area contributed by atoms with Gasteiger partial charge in [0.15, 0.2) is 0 Å². The minimum atomic E-state index is -0.747. The number of para-hydroxylation sites is 1. The SMILES string of the molecule is COc1ccc2[nH]c3c(c2c1)CCN(CC(O)CO)C31CCN(CCOc2ccccc2)C1. The number of nitrogens with zero attached hydrogens (tertiary/aromatic N) is 2. The maximum absolute atomic E-state index is 10.3.